The first-order valence-corrected chi connectivity index (χ1v) is 7.51. The molecule has 2 heterocycles. The second kappa shape index (κ2) is 7.01. The highest BCUT2D eigenvalue weighted by Gasteiger charge is 2.16. The molecule has 0 spiro atoms. The molecule has 1 aliphatic heterocycles. The molecule has 0 saturated carbocycles. The first kappa shape index (κ1) is 14.5. The van der Waals surface area contributed by atoms with Crippen molar-refractivity contribution in [3.63, 3.8) is 0 Å². The lowest BCUT2D eigenvalue weighted by atomic mass is 10.2. The van der Waals surface area contributed by atoms with Gasteiger partial charge in [0.1, 0.15) is 5.82 Å². The Balaban J connectivity index is 1.84. The summed E-state index contributed by atoms with van der Waals surface area (Å²) in [5.74, 6) is 2.03. The highest BCUT2D eigenvalue weighted by Crippen LogP contribution is 2.12. The molecule has 1 aromatic rings. The topological polar surface area (TPSA) is 52.0 Å². The molecule has 0 bridgehead atoms. The van der Waals surface area contributed by atoms with Gasteiger partial charge in [-0.25, -0.2) is 9.67 Å². The minimum atomic E-state index is 0.337. The number of nitrogens with one attached hydrogen (secondary N) is 1. The molecule has 0 radical (unpaired) electrons. The van der Waals surface area contributed by atoms with Crippen molar-refractivity contribution < 1.29 is 4.74 Å². The average Bonchev–Trinajstić information content (AvgIpc) is 3.07. The van der Waals surface area contributed by atoms with Crippen molar-refractivity contribution >= 4 is 0 Å². The number of aromatic nitrogens is 3. The summed E-state index contributed by atoms with van der Waals surface area (Å²) >= 11 is 0. The third-order valence-corrected chi connectivity index (χ3v) is 3.63. The second-order valence-corrected chi connectivity index (χ2v) is 5.24. The number of rotatable bonds is 7. The summed E-state index contributed by atoms with van der Waals surface area (Å²) in [5.41, 5.74) is 0. The summed E-state index contributed by atoms with van der Waals surface area (Å²) in [6.07, 6.45) is 4.62. The molecular weight excluding hydrogens is 240 g/mol. The lowest BCUT2D eigenvalue weighted by Gasteiger charge is -2.16. The van der Waals surface area contributed by atoms with Crippen LogP contribution in [0.15, 0.2) is 0 Å². The molecule has 0 aliphatic carbocycles. The van der Waals surface area contributed by atoms with E-state index in [1.807, 2.05) is 0 Å². The maximum absolute atomic E-state index is 5.61. The molecule has 1 N–H and O–H groups in total. The third kappa shape index (κ3) is 3.76. The number of hydrogen-bond acceptors (Lipinski definition) is 4. The van der Waals surface area contributed by atoms with Crippen molar-refractivity contribution in [3.8, 4) is 0 Å². The molecule has 0 amide bonds. The standard InChI is InChI=1S/C14H26N4O/c1-4-13-16-14(5-2)18(17-13)11(3)9-15-10-12-7-6-8-19-12/h11-12,15H,4-10H2,1-3H3. The van der Waals surface area contributed by atoms with Crippen LogP contribution in [-0.4, -0.2) is 40.6 Å². The maximum atomic E-state index is 5.61. The molecule has 2 unspecified atom stereocenters. The lowest BCUT2D eigenvalue weighted by Crippen LogP contribution is -2.31. The van der Waals surface area contributed by atoms with Gasteiger partial charge in [0.2, 0.25) is 0 Å². The quantitative estimate of drug-likeness (QED) is 0.816. The van der Waals surface area contributed by atoms with Gasteiger partial charge in [-0.05, 0) is 19.8 Å². The Labute approximate surface area is 115 Å². The van der Waals surface area contributed by atoms with E-state index in [0.717, 1.165) is 44.2 Å². The van der Waals surface area contributed by atoms with Crippen LogP contribution >= 0.6 is 0 Å². The average molecular weight is 266 g/mol. The van der Waals surface area contributed by atoms with Crippen molar-refractivity contribution in [2.24, 2.45) is 0 Å². The Bertz CT molecular complexity index is 385. The molecule has 1 saturated heterocycles. The maximum Gasteiger partial charge on any atom is 0.150 e. The number of ether oxygens (including phenoxy) is 1. The molecule has 5 heteroatoms. The van der Waals surface area contributed by atoms with E-state index in [2.05, 4.69) is 40.9 Å². The first-order valence-electron chi connectivity index (χ1n) is 7.51. The zero-order valence-corrected chi connectivity index (χ0v) is 12.4. The molecule has 1 fully saturated rings. The van der Waals surface area contributed by atoms with Gasteiger partial charge in [-0.15, -0.1) is 0 Å². The fraction of sp³-hybridized carbons (Fsp3) is 0.857. The minimum Gasteiger partial charge on any atom is -0.377 e. The van der Waals surface area contributed by atoms with E-state index in [1.54, 1.807) is 0 Å². The van der Waals surface area contributed by atoms with E-state index in [1.165, 1.54) is 12.8 Å². The van der Waals surface area contributed by atoms with Crippen LogP contribution in [0.25, 0.3) is 0 Å². The van der Waals surface area contributed by atoms with E-state index in [-0.39, 0.29) is 0 Å². The normalized spacial score (nSPS) is 20.9. The Morgan fingerprint density at radius 3 is 2.89 bits per heavy atom. The SMILES string of the molecule is CCc1nc(CC)n(C(C)CNCC2CCCO2)n1. The third-order valence-electron chi connectivity index (χ3n) is 3.63. The van der Waals surface area contributed by atoms with Crippen molar-refractivity contribution in [3.05, 3.63) is 11.6 Å². The largest absolute Gasteiger partial charge is 0.377 e. The van der Waals surface area contributed by atoms with Crippen LogP contribution in [0.5, 0.6) is 0 Å². The second-order valence-electron chi connectivity index (χ2n) is 5.24. The molecule has 1 aromatic heterocycles. The Kier molecular flexibility index (Phi) is 5.34. The molecule has 5 nitrogen and oxygen atoms in total. The number of nitrogens with zero attached hydrogens (tertiary/aromatic N) is 3. The predicted octanol–water partition coefficient (Wildman–Crippen LogP) is 1.73. The van der Waals surface area contributed by atoms with Crippen LogP contribution in [0.4, 0.5) is 0 Å². The molecule has 2 atom stereocenters. The summed E-state index contributed by atoms with van der Waals surface area (Å²) < 4.78 is 7.68. The Morgan fingerprint density at radius 1 is 1.42 bits per heavy atom. The fourth-order valence-electron chi connectivity index (χ4n) is 2.49. The van der Waals surface area contributed by atoms with Gasteiger partial charge in [0.25, 0.3) is 0 Å². The number of aryl methyl sites for hydroxylation is 2. The Hall–Kier alpha value is -0.940. The molecule has 1 aliphatic rings. The monoisotopic (exact) mass is 266 g/mol. The minimum absolute atomic E-state index is 0.337. The molecule has 108 valence electrons. The smallest absolute Gasteiger partial charge is 0.150 e. The van der Waals surface area contributed by atoms with Crippen molar-refractivity contribution in [2.45, 2.75) is 58.6 Å². The molecule has 19 heavy (non-hydrogen) atoms. The summed E-state index contributed by atoms with van der Waals surface area (Å²) in [6.45, 7) is 9.20. The van der Waals surface area contributed by atoms with Crippen LogP contribution in [0.1, 0.15) is 51.3 Å². The van der Waals surface area contributed by atoms with Gasteiger partial charge >= 0.3 is 0 Å². The van der Waals surface area contributed by atoms with Crippen LogP contribution in [0.2, 0.25) is 0 Å². The van der Waals surface area contributed by atoms with E-state index < -0.39 is 0 Å². The van der Waals surface area contributed by atoms with Crippen molar-refractivity contribution in [2.75, 3.05) is 19.7 Å². The summed E-state index contributed by atoms with van der Waals surface area (Å²) in [7, 11) is 0. The van der Waals surface area contributed by atoms with E-state index in [9.17, 15) is 0 Å². The van der Waals surface area contributed by atoms with Gasteiger partial charge in [-0.3, -0.25) is 0 Å². The number of hydrogen-bond donors (Lipinski definition) is 1. The summed E-state index contributed by atoms with van der Waals surface area (Å²) in [5, 5.41) is 8.07. The fourth-order valence-corrected chi connectivity index (χ4v) is 2.49. The van der Waals surface area contributed by atoms with E-state index in [4.69, 9.17) is 4.74 Å². The Morgan fingerprint density at radius 2 is 2.26 bits per heavy atom. The van der Waals surface area contributed by atoms with Crippen molar-refractivity contribution in [1.82, 2.24) is 20.1 Å². The lowest BCUT2D eigenvalue weighted by molar-refractivity contribution is 0.109. The van der Waals surface area contributed by atoms with Crippen LogP contribution in [-0.2, 0) is 17.6 Å². The highest BCUT2D eigenvalue weighted by molar-refractivity contribution is 4.94. The van der Waals surface area contributed by atoms with Gasteiger partial charge in [-0.2, -0.15) is 5.10 Å². The van der Waals surface area contributed by atoms with Gasteiger partial charge in [0.15, 0.2) is 5.82 Å². The zero-order chi connectivity index (χ0) is 13.7. The zero-order valence-electron chi connectivity index (χ0n) is 12.4. The van der Waals surface area contributed by atoms with E-state index >= 15 is 0 Å². The summed E-state index contributed by atoms with van der Waals surface area (Å²) in [6, 6.07) is 0.337. The van der Waals surface area contributed by atoms with Gasteiger partial charge in [0, 0.05) is 32.5 Å². The van der Waals surface area contributed by atoms with Gasteiger partial charge in [0.05, 0.1) is 12.1 Å². The van der Waals surface area contributed by atoms with Crippen LogP contribution < -0.4 is 5.32 Å². The van der Waals surface area contributed by atoms with Gasteiger partial charge < -0.3 is 10.1 Å². The van der Waals surface area contributed by atoms with Crippen molar-refractivity contribution in [1.29, 1.82) is 0 Å². The van der Waals surface area contributed by atoms with E-state index in [0.29, 0.717) is 12.1 Å². The predicted molar refractivity (Wildman–Crippen MR) is 75.3 cm³/mol. The molecule has 2 rings (SSSR count). The van der Waals surface area contributed by atoms with Crippen LogP contribution in [0, 0.1) is 0 Å². The summed E-state index contributed by atoms with van der Waals surface area (Å²) in [4.78, 5) is 4.55. The molecule has 0 aromatic carbocycles. The van der Waals surface area contributed by atoms with Crippen LogP contribution in [0.3, 0.4) is 0 Å². The highest BCUT2D eigenvalue weighted by atomic mass is 16.5. The molecular formula is C14H26N4O. The van der Waals surface area contributed by atoms with Gasteiger partial charge in [-0.1, -0.05) is 13.8 Å². The first-order chi connectivity index (χ1) is 9.24.